The van der Waals surface area contributed by atoms with Crippen molar-refractivity contribution in [3.8, 4) is 17.3 Å². The van der Waals surface area contributed by atoms with Crippen molar-refractivity contribution in [1.82, 2.24) is 14.8 Å². The second-order valence-corrected chi connectivity index (χ2v) is 5.32. The highest BCUT2D eigenvalue weighted by atomic mass is 16.5. The van der Waals surface area contributed by atoms with Gasteiger partial charge in [0, 0.05) is 13.0 Å². The van der Waals surface area contributed by atoms with Crippen LogP contribution in [-0.2, 0) is 24.3 Å². The molecule has 0 fully saturated rings. The summed E-state index contributed by atoms with van der Waals surface area (Å²) in [6.45, 7) is 2.48. The van der Waals surface area contributed by atoms with E-state index in [4.69, 9.17) is 13.9 Å². The summed E-state index contributed by atoms with van der Waals surface area (Å²) in [5, 5.41) is 8.50. The van der Waals surface area contributed by atoms with Gasteiger partial charge >= 0.3 is 0 Å². The van der Waals surface area contributed by atoms with E-state index in [0.717, 1.165) is 36.1 Å². The summed E-state index contributed by atoms with van der Waals surface area (Å²) >= 11 is 0. The molecule has 6 nitrogen and oxygen atoms in total. The third kappa shape index (κ3) is 2.98. The zero-order chi connectivity index (χ0) is 15.5. The molecule has 23 heavy (non-hydrogen) atoms. The topological polar surface area (TPSA) is 62.3 Å². The number of para-hydroxylation sites is 1. The van der Waals surface area contributed by atoms with Crippen molar-refractivity contribution in [2.45, 2.75) is 19.6 Å². The number of rotatable bonds is 4. The van der Waals surface area contributed by atoms with E-state index in [1.54, 1.807) is 0 Å². The highest BCUT2D eigenvalue weighted by Crippen LogP contribution is 2.23. The molecule has 0 spiro atoms. The van der Waals surface area contributed by atoms with Gasteiger partial charge < -0.3 is 18.5 Å². The molecule has 0 unspecified atom stereocenters. The van der Waals surface area contributed by atoms with Crippen molar-refractivity contribution in [3.05, 3.63) is 54.0 Å². The van der Waals surface area contributed by atoms with Gasteiger partial charge in [-0.1, -0.05) is 18.2 Å². The SMILES string of the molecule is c1ccc(OCc2ccc(-c3nnc4n3CCOCC4)o2)cc1. The van der Waals surface area contributed by atoms with Crippen LogP contribution in [0, 0.1) is 0 Å². The van der Waals surface area contributed by atoms with Gasteiger partial charge in [0.2, 0.25) is 0 Å². The quantitative estimate of drug-likeness (QED) is 0.741. The van der Waals surface area contributed by atoms with Crippen molar-refractivity contribution in [1.29, 1.82) is 0 Å². The van der Waals surface area contributed by atoms with Gasteiger partial charge in [-0.15, -0.1) is 10.2 Å². The zero-order valence-corrected chi connectivity index (χ0v) is 12.6. The van der Waals surface area contributed by atoms with Crippen LogP contribution < -0.4 is 4.74 Å². The Morgan fingerprint density at radius 2 is 1.96 bits per heavy atom. The van der Waals surface area contributed by atoms with Crippen LogP contribution in [0.4, 0.5) is 0 Å². The maximum absolute atomic E-state index is 5.87. The number of ether oxygens (including phenoxy) is 2. The molecule has 4 rings (SSSR count). The first-order chi connectivity index (χ1) is 11.4. The predicted molar refractivity (Wildman–Crippen MR) is 83.0 cm³/mol. The first-order valence-electron chi connectivity index (χ1n) is 7.67. The van der Waals surface area contributed by atoms with Gasteiger partial charge in [-0.2, -0.15) is 0 Å². The minimum absolute atomic E-state index is 0.383. The minimum Gasteiger partial charge on any atom is -0.486 e. The Balaban J connectivity index is 1.51. The predicted octanol–water partition coefficient (Wildman–Crippen LogP) is 2.69. The van der Waals surface area contributed by atoms with Gasteiger partial charge in [-0.3, -0.25) is 0 Å². The molecule has 0 aliphatic carbocycles. The van der Waals surface area contributed by atoms with Crippen molar-refractivity contribution in [2.75, 3.05) is 13.2 Å². The van der Waals surface area contributed by atoms with E-state index < -0.39 is 0 Å². The fourth-order valence-electron chi connectivity index (χ4n) is 2.61. The van der Waals surface area contributed by atoms with Crippen LogP contribution in [-0.4, -0.2) is 28.0 Å². The fourth-order valence-corrected chi connectivity index (χ4v) is 2.61. The number of aromatic nitrogens is 3. The van der Waals surface area contributed by atoms with Crippen LogP contribution in [0.25, 0.3) is 11.6 Å². The summed E-state index contributed by atoms with van der Waals surface area (Å²) in [7, 11) is 0. The molecule has 3 heterocycles. The molecule has 118 valence electrons. The molecule has 6 heteroatoms. The average Bonchev–Trinajstić information content (AvgIpc) is 3.15. The van der Waals surface area contributed by atoms with Crippen LogP contribution >= 0.6 is 0 Å². The van der Waals surface area contributed by atoms with Crippen LogP contribution in [0.5, 0.6) is 5.75 Å². The molecule has 1 aliphatic heterocycles. The van der Waals surface area contributed by atoms with E-state index in [1.807, 2.05) is 42.5 Å². The first-order valence-corrected chi connectivity index (χ1v) is 7.67. The molecule has 1 aliphatic rings. The lowest BCUT2D eigenvalue weighted by molar-refractivity contribution is 0.140. The first kappa shape index (κ1) is 14.0. The minimum atomic E-state index is 0.383. The Bertz CT molecular complexity index is 779. The van der Waals surface area contributed by atoms with Crippen LogP contribution in [0.2, 0.25) is 0 Å². The summed E-state index contributed by atoms with van der Waals surface area (Å²) in [5.74, 6) is 3.97. The van der Waals surface area contributed by atoms with Crippen molar-refractivity contribution in [3.63, 3.8) is 0 Å². The Hall–Kier alpha value is -2.60. The van der Waals surface area contributed by atoms with Crippen molar-refractivity contribution < 1.29 is 13.9 Å². The van der Waals surface area contributed by atoms with Gasteiger partial charge in [-0.05, 0) is 24.3 Å². The van der Waals surface area contributed by atoms with Crippen molar-refractivity contribution in [2.24, 2.45) is 0 Å². The second-order valence-electron chi connectivity index (χ2n) is 5.32. The van der Waals surface area contributed by atoms with E-state index >= 15 is 0 Å². The van der Waals surface area contributed by atoms with Crippen LogP contribution in [0.1, 0.15) is 11.6 Å². The summed E-state index contributed by atoms with van der Waals surface area (Å²) < 4.78 is 19.1. The van der Waals surface area contributed by atoms with E-state index in [-0.39, 0.29) is 0 Å². The Morgan fingerprint density at radius 3 is 2.87 bits per heavy atom. The van der Waals surface area contributed by atoms with Gasteiger partial charge in [-0.25, -0.2) is 0 Å². The molecule has 0 saturated heterocycles. The Morgan fingerprint density at radius 1 is 1.04 bits per heavy atom. The fraction of sp³-hybridized carbons (Fsp3) is 0.294. The molecule has 0 radical (unpaired) electrons. The molecule has 0 amide bonds. The van der Waals surface area contributed by atoms with Crippen LogP contribution in [0.3, 0.4) is 0 Å². The average molecular weight is 311 g/mol. The third-order valence-electron chi connectivity index (χ3n) is 3.76. The molecular formula is C17H17N3O3. The molecule has 1 aromatic carbocycles. The molecule has 0 N–H and O–H groups in total. The maximum Gasteiger partial charge on any atom is 0.199 e. The Labute approximate surface area is 133 Å². The second kappa shape index (κ2) is 6.26. The van der Waals surface area contributed by atoms with Crippen molar-refractivity contribution >= 4 is 0 Å². The number of hydrogen-bond acceptors (Lipinski definition) is 5. The molecule has 0 saturated carbocycles. The van der Waals surface area contributed by atoms with Gasteiger partial charge in [0.25, 0.3) is 0 Å². The van der Waals surface area contributed by atoms with E-state index in [9.17, 15) is 0 Å². The molecular weight excluding hydrogens is 294 g/mol. The largest absolute Gasteiger partial charge is 0.486 e. The Kier molecular flexibility index (Phi) is 3.81. The van der Waals surface area contributed by atoms with Gasteiger partial charge in [0.1, 0.15) is 23.9 Å². The smallest absolute Gasteiger partial charge is 0.199 e. The molecule has 3 aromatic rings. The maximum atomic E-state index is 5.87. The number of benzene rings is 1. The van der Waals surface area contributed by atoms with E-state index in [0.29, 0.717) is 25.6 Å². The highest BCUT2D eigenvalue weighted by molar-refractivity contribution is 5.47. The lowest BCUT2D eigenvalue weighted by Crippen LogP contribution is -2.05. The number of furan rings is 1. The normalized spacial score (nSPS) is 14.3. The summed E-state index contributed by atoms with van der Waals surface area (Å²) in [6, 6.07) is 13.5. The standard InChI is InChI=1S/C17H17N3O3/c1-2-4-13(5-3-1)22-12-14-6-7-15(23-14)17-19-18-16-8-10-21-11-9-20(16)17/h1-7H,8-12H2. The highest BCUT2D eigenvalue weighted by Gasteiger charge is 2.18. The molecule has 0 bridgehead atoms. The number of nitrogens with zero attached hydrogens (tertiary/aromatic N) is 3. The van der Waals surface area contributed by atoms with E-state index in [1.165, 1.54) is 0 Å². The third-order valence-corrected chi connectivity index (χ3v) is 3.76. The number of fused-ring (bicyclic) bond motifs is 1. The molecule has 2 aromatic heterocycles. The monoisotopic (exact) mass is 311 g/mol. The lowest BCUT2D eigenvalue weighted by atomic mass is 10.3. The van der Waals surface area contributed by atoms with Crippen LogP contribution in [0.15, 0.2) is 46.9 Å². The van der Waals surface area contributed by atoms with E-state index in [2.05, 4.69) is 14.8 Å². The number of hydrogen-bond donors (Lipinski definition) is 0. The van der Waals surface area contributed by atoms with Gasteiger partial charge in [0.15, 0.2) is 11.6 Å². The summed E-state index contributed by atoms with van der Waals surface area (Å²) in [4.78, 5) is 0. The van der Waals surface area contributed by atoms with Gasteiger partial charge in [0.05, 0.1) is 13.2 Å². The lowest BCUT2D eigenvalue weighted by Gasteiger charge is -2.05. The zero-order valence-electron chi connectivity index (χ0n) is 12.6. The molecule has 0 atom stereocenters. The summed E-state index contributed by atoms with van der Waals surface area (Å²) in [6.07, 6.45) is 0.775. The summed E-state index contributed by atoms with van der Waals surface area (Å²) in [5.41, 5.74) is 0.